The van der Waals surface area contributed by atoms with Gasteiger partial charge in [-0.3, -0.25) is 0 Å². The van der Waals surface area contributed by atoms with Crippen LogP contribution in [0.4, 0.5) is 0 Å². The third-order valence-corrected chi connectivity index (χ3v) is 4.44. The number of nitrogens with zero attached hydrogens (tertiary/aromatic N) is 1. The minimum atomic E-state index is -3.64. The van der Waals surface area contributed by atoms with Crippen LogP contribution in [-0.4, -0.2) is 33.2 Å². The Morgan fingerprint density at radius 1 is 1.50 bits per heavy atom. The van der Waals surface area contributed by atoms with Gasteiger partial charge < -0.3 is 4.74 Å². The van der Waals surface area contributed by atoms with E-state index in [9.17, 15) is 8.42 Å². The van der Waals surface area contributed by atoms with E-state index in [1.54, 1.807) is 14.0 Å². The third kappa shape index (κ3) is 4.37. The molecule has 5 nitrogen and oxygen atoms in total. The van der Waals surface area contributed by atoms with Crippen LogP contribution in [0.3, 0.4) is 0 Å². The molecule has 0 radical (unpaired) electrons. The molecule has 8 heteroatoms. The number of rotatable bonds is 6. The van der Waals surface area contributed by atoms with Crippen molar-refractivity contribution in [2.75, 3.05) is 13.7 Å². The summed E-state index contributed by atoms with van der Waals surface area (Å²) in [7, 11) is -2.08. The molecule has 1 N–H and O–H groups in total. The first-order valence-electron chi connectivity index (χ1n) is 5.19. The Morgan fingerprint density at radius 3 is 2.72 bits per heavy atom. The van der Waals surface area contributed by atoms with Crippen molar-refractivity contribution in [1.29, 1.82) is 0 Å². The lowest BCUT2D eigenvalue weighted by Gasteiger charge is -2.13. The number of pyridine rings is 1. The van der Waals surface area contributed by atoms with Gasteiger partial charge in [0.05, 0.1) is 5.02 Å². The van der Waals surface area contributed by atoms with Gasteiger partial charge in [0, 0.05) is 26.0 Å². The van der Waals surface area contributed by atoms with Crippen LogP contribution in [0.25, 0.3) is 0 Å². The van der Waals surface area contributed by atoms with E-state index in [-0.39, 0.29) is 21.1 Å². The van der Waals surface area contributed by atoms with Crippen LogP contribution in [0.15, 0.2) is 17.2 Å². The summed E-state index contributed by atoms with van der Waals surface area (Å²) in [6.45, 7) is 2.23. The second-order valence-electron chi connectivity index (χ2n) is 3.75. The van der Waals surface area contributed by atoms with Crippen molar-refractivity contribution in [1.82, 2.24) is 9.71 Å². The van der Waals surface area contributed by atoms with Gasteiger partial charge in [-0.15, -0.1) is 0 Å². The Kier molecular flexibility index (Phi) is 5.81. The van der Waals surface area contributed by atoms with Crippen LogP contribution < -0.4 is 4.72 Å². The Morgan fingerprint density at radius 2 is 2.17 bits per heavy atom. The Balaban J connectivity index is 2.83. The van der Waals surface area contributed by atoms with E-state index in [0.29, 0.717) is 13.0 Å². The molecule has 0 bridgehead atoms. The molecule has 0 spiro atoms. The average molecular weight is 313 g/mol. The van der Waals surface area contributed by atoms with Crippen LogP contribution in [0, 0.1) is 0 Å². The summed E-state index contributed by atoms with van der Waals surface area (Å²) in [5.41, 5.74) is 0. The second-order valence-corrected chi connectivity index (χ2v) is 6.23. The summed E-state index contributed by atoms with van der Waals surface area (Å²) in [5, 5.41) is 0.173. The molecule has 0 saturated carbocycles. The Hall–Kier alpha value is -0.400. The van der Waals surface area contributed by atoms with Crippen LogP contribution >= 0.6 is 23.2 Å². The molecule has 0 saturated heterocycles. The molecular formula is C10H14Cl2N2O3S. The fourth-order valence-corrected chi connectivity index (χ4v) is 2.82. The van der Waals surface area contributed by atoms with Gasteiger partial charge in [-0.05, 0) is 19.4 Å². The maximum Gasteiger partial charge on any atom is 0.242 e. The summed E-state index contributed by atoms with van der Waals surface area (Å²) in [6, 6.07) is 1.02. The maximum absolute atomic E-state index is 12.0. The fraction of sp³-hybridized carbons (Fsp3) is 0.500. The number of methoxy groups -OCH3 is 1. The summed E-state index contributed by atoms with van der Waals surface area (Å²) < 4.78 is 31.3. The van der Waals surface area contributed by atoms with E-state index >= 15 is 0 Å². The first-order valence-corrected chi connectivity index (χ1v) is 7.43. The van der Waals surface area contributed by atoms with Gasteiger partial charge in [0.1, 0.15) is 10.0 Å². The number of hydrogen-bond donors (Lipinski definition) is 1. The molecule has 0 amide bonds. The number of aromatic nitrogens is 1. The van der Waals surface area contributed by atoms with Crippen molar-refractivity contribution in [3.8, 4) is 0 Å². The molecular weight excluding hydrogens is 299 g/mol. The standard InChI is InChI=1S/C10H14Cl2N2O3S/c1-7(3-4-17-2)14-18(15,16)8-5-9(11)10(12)13-6-8/h5-7,14H,3-4H2,1-2H3. The normalized spacial score (nSPS) is 13.6. The second kappa shape index (κ2) is 6.68. The Labute approximate surface area is 117 Å². The van der Waals surface area contributed by atoms with Crippen molar-refractivity contribution in [3.05, 3.63) is 22.4 Å². The number of hydrogen-bond acceptors (Lipinski definition) is 4. The lowest BCUT2D eigenvalue weighted by atomic mass is 10.3. The van der Waals surface area contributed by atoms with E-state index in [1.807, 2.05) is 0 Å². The third-order valence-electron chi connectivity index (χ3n) is 2.19. The molecule has 0 aromatic carbocycles. The number of nitrogens with one attached hydrogen (secondary N) is 1. The average Bonchev–Trinajstić information content (AvgIpc) is 2.29. The highest BCUT2D eigenvalue weighted by Crippen LogP contribution is 2.22. The summed E-state index contributed by atoms with van der Waals surface area (Å²) in [4.78, 5) is 3.69. The zero-order chi connectivity index (χ0) is 13.8. The van der Waals surface area contributed by atoms with Gasteiger partial charge in [-0.25, -0.2) is 18.1 Å². The van der Waals surface area contributed by atoms with Crippen molar-refractivity contribution in [3.63, 3.8) is 0 Å². The quantitative estimate of drug-likeness (QED) is 0.817. The molecule has 0 aliphatic carbocycles. The SMILES string of the molecule is COCCC(C)NS(=O)(=O)c1cnc(Cl)c(Cl)c1. The predicted octanol–water partition coefficient (Wildman–Crippen LogP) is 2.09. The molecule has 18 heavy (non-hydrogen) atoms. The van der Waals surface area contributed by atoms with Crippen LogP contribution in [0.1, 0.15) is 13.3 Å². The summed E-state index contributed by atoms with van der Waals surface area (Å²) >= 11 is 11.4. The highest BCUT2D eigenvalue weighted by molar-refractivity contribution is 7.89. The smallest absolute Gasteiger partial charge is 0.242 e. The highest BCUT2D eigenvalue weighted by Gasteiger charge is 2.18. The van der Waals surface area contributed by atoms with Gasteiger partial charge in [-0.2, -0.15) is 0 Å². The van der Waals surface area contributed by atoms with Gasteiger partial charge in [0.15, 0.2) is 0 Å². The first kappa shape index (κ1) is 15.7. The van der Waals surface area contributed by atoms with Gasteiger partial charge >= 0.3 is 0 Å². The van der Waals surface area contributed by atoms with E-state index in [2.05, 4.69) is 9.71 Å². The number of sulfonamides is 1. The van der Waals surface area contributed by atoms with Crippen molar-refractivity contribution in [2.45, 2.75) is 24.3 Å². The molecule has 1 unspecified atom stereocenters. The summed E-state index contributed by atoms with van der Waals surface area (Å²) in [6.07, 6.45) is 1.74. The molecule has 1 heterocycles. The summed E-state index contributed by atoms with van der Waals surface area (Å²) in [5.74, 6) is 0. The lowest BCUT2D eigenvalue weighted by molar-refractivity contribution is 0.188. The number of halogens is 2. The van der Waals surface area contributed by atoms with E-state index in [4.69, 9.17) is 27.9 Å². The van der Waals surface area contributed by atoms with E-state index in [1.165, 1.54) is 12.3 Å². The molecule has 0 fully saturated rings. The molecule has 1 aromatic rings. The minimum absolute atomic E-state index is 0.0128. The van der Waals surface area contributed by atoms with Gasteiger partial charge in [0.25, 0.3) is 0 Å². The zero-order valence-electron chi connectivity index (χ0n) is 9.98. The van der Waals surface area contributed by atoms with Crippen molar-refractivity contribution in [2.24, 2.45) is 0 Å². The van der Waals surface area contributed by atoms with Crippen molar-refractivity contribution < 1.29 is 13.2 Å². The molecule has 0 aliphatic rings. The highest BCUT2D eigenvalue weighted by atomic mass is 35.5. The lowest BCUT2D eigenvalue weighted by Crippen LogP contribution is -2.33. The van der Waals surface area contributed by atoms with Crippen LogP contribution in [0.5, 0.6) is 0 Å². The van der Waals surface area contributed by atoms with Gasteiger partial charge in [-0.1, -0.05) is 23.2 Å². The zero-order valence-corrected chi connectivity index (χ0v) is 12.3. The monoisotopic (exact) mass is 312 g/mol. The van der Waals surface area contributed by atoms with E-state index in [0.717, 1.165) is 0 Å². The molecule has 1 rings (SSSR count). The molecule has 0 aliphatic heterocycles. The van der Waals surface area contributed by atoms with Gasteiger partial charge in [0.2, 0.25) is 10.0 Å². The minimum Gasteiger partial charge on any atom is -0.385 e. The first-order chi connectivity index (χ1) is 8.36. The predicted molar refractivity (Wildman–Crippen MR) is 70.5 cm³/mol. The molecule has 1 aromatic heterocycles. The van der Waals surface area contributed by atoms with E-state index < -0.39 is 10.0 Å². The Bertz CT molecular complexity index is 508. The molecule has 102 valence electrons. The topological polar surface area (TPSA) is 68.3 Å². The van der Waals surface area contributed by atoms with Crippen molar-refractivity contribution >= 4 is 33.2 Å². The largest absolute Gasteiger partial charge is 0.385 e. The maximum atomic E-state index is 12.0. The molecule has 1 atom stereocenters. The fourth-order valence-electron chi connectivity index (χ4n) is 1.24. The van der Waals surface area contributed by atoms with Crippen LogP contribution in [-0.2, 0) is 14.8 Å². The number of ether oxygens (including phenoxy) is 1. The van der Waals surface area contributed by atoms with Crippen LogP contribution in [0.2, 0.25) is 10.2 Å².